The van der Waals surface area contributed by atoms with E-state index in [-0.39, 0.29) is 11.5 Å². The van der Waals surface area contributed by atoms with Crippen molar-refractivity contribution in [3.8, 4) is 0 Å². The van der Waals surface area contributed by atoms with Crippen molar-refractivity contribution in [2.24, 2.45) is 5.10 Å². The lowest BCUT2D eigenvalue weighted by atomic mass is 10.0. The SMILES string of the molecule is O=C(O)c1ccc(N2N=C(c3ccccc3)/C(=C\c3ccccc3)C2=O)cc1. The molecule has 3 aromatic carbocycles. The number of nitrogens with zero attached hydrogens (tertiary/aromatic N) is 2. The van der Waals surface area contributed by atoms with Gasteiger partial charge in [-0.15, -0.1) is 0 Å². The molecule has 4 rings (SSSR count). The van der Waals surface area contributed by atoms with Crippen LogP contribution in [-0.2, 0) is 4.79 Å². The molecule has 3 aromatic rings. The number of carboxylic acids is 1. The van der Waals surface area contributed by atoms with Crippen molar-refractivity contribution in [3.63, 3.8) is 0 Å². The number of amides is 1. The first-order valence-electron chi connectivity index (χ1n) is 8.72. The van der Waals surface area contributed by atoms with Crippen LogP contribution in [-0.4, -0.2) is 22.7 Å². The molecule has 0 saturated heterocycles. The number of hydrogen-bond donors (Lipinski definition) is 1. The zero-order chi connectivity index (χ0) is 19.5. The number of benzene rings is 3. The number of anilines is 1. The molecule has 0 aromatic heterocycles. The summed E-state index contributed by atoms with van der Waals surface area (Å²) in [6, 6.07) is 25.2. The number of rotatable bonds is 4. The van der Waals surface area contributed by atoms with Crippen LogP contribution in [0.2, 0.25) is 0 Å². The molecule has 1 N–H and O–H groups in total. The van der Waals surface area contributed by atoms with Crippen molar-refractivity contribution in [2.45, 2.75) is 0 Å². The Morgan fingerprint density at radius 1 is 0.857 bits per heavy atom. The van der Waals surface area contributed by atoms with E-state index >= 15 is 0 Å². The summed E-state index contributed by atoms with van der Waals surface area (Å²) >= 11 is 0. The molecule has 5 heteroatoms. The average Bonchev–Trinajstić information content (AvgIpc) is 3.06. The van der Waals surface area contributed by atoms with E-state index in [4.69, 9.17) is 5.11 Å². The standard InChI is InChI=1S/C23H16N2O3/c26-22-20(15-16-7-3-1-4-8-16)21(17-9-5-2-6-10-17)24-25(22)19-13-11-18(12-14-19)23(27)28/h1-15H,(H,27,28)/b20-15+. The summed E-state index contributed by atoms with van der Waals surface area (Å²) in [5.74, 6) is -1.27. The van der Waals surface area contributed by atoms with Gasteiger partial charge < -0.3 is 5.11 Å². The van der Waals surface area contributed by atoms with Crippen LogP contribution in [0.25, 0.3) is 6.08 Å². The highest BCUT2D eigenvalue weighted by Crippen LogP contribution is 2.28. The van der Waals surface area contributed by atoms with Crippen molar-refractivity contribution < 1.29 is 14.7 Å². The van der Waals surface area contributed by atoms with Gasteiger partial charge >= 0.3 is 5.97 Å². The molecule has 1 heterocycles. The van der Waals surface area contributed by atoms with E-state index in [9.17, 15) is 9.59 Å². The molecular weight excluding hydrogens is 352 g/mol. The number of carbonyl (C=O) groups excluding carboxylic acids is 1. The monoisotopic (exact) mass is 368 g/mol. The quantitative estimate of drug-likeness (QED) is 0.701. The van der Waals surface area contributed by atoms with Crippen molar-refractivity contribution in [1.29, 1.82) is 0 Å². The van der Waals surface area contributed by atoms with E-state index in [1.807, 2.05) is 66.7 Å². The third-order valence-corrected chi connectivity index (χ3v) is 4.39. The fourth-order valence-corrected chi connectivity index (χ4v) is 2.99. The van der Waals surface area contributed by atoms with Crippen molar-refractivity contribution in [2.75, 3.05) is 5.01 Å². The van der Waals surface area contributed by atoms with Gasteiger partial charge in [0.1, 0.15) is 5.71 Å². The van der Waals surface area contributed by atoms with E-state index in [2.05, 4.69) is 5.10 Å². The highest BCUT2D eigenvalue weighted by atomic mass is 16.4. The molecule has 0 saturated carbocycles. The van der Waals surface area contributed by atoms with Gasteiger partial charge in [-0.3, -0.25) is 4.79 Å². The van der Waals surface area contributed by atoms with Gasteiger partial charge in [-0.25, -0.2) is 4.79 Å². The third kappa shape index (κ3) is 3.33. The fourth-order valence-electron chi connectivity index (χ4n) is 2.99. The maximum Gasteiger partial charge on any atom is 0.335 e. The summed E-state index contributed by atoms with van der Waals surface area (Å²) in [6.45, 7) is 0. The summed E-state index contributed by atoms with van der Waals surface area (Å²) in [7, 11) is 0. The highest BCUT2D eigenvalue weighted by Gasteiger charge is 2.32. The number of aromatic carboxylic acids is 1. The van der Waals surface area contributed by atoms with Crippen LogP contribution >= 0.6 is 0 Å². The normalized spacial score (nSPS) is 15.0. The molecule has 136 valence electrons. The Kier molecular flexibility index (Phi) is 4.56. The van der Waals surface area contributed by atoms with E-state index in [1.54, 1.807) is 12.1 Å². The van der Waals surface area contributed by atoms with Crippen LogP contribution in [0.15, 0.2) is 95.6 Å². The average molecular weight is 368 g/mol. The van der Waals surface area contributed by atoms with E-state index in [0.717, 1.165) is 11.1 Å². The molecule has 0 spiro atoms. The van der Waals surface area contributed by atoms with Crippen LogP contribution in [0.5, 0.6) is 0 Å². The van der Waals surface area contributed by atoms with Gasteiger partial charge in [0.2, 0.25) is 0 Å². The third-order valence-electron chi connectivity index (χ3n) is 4.39. The van der Waals surface area contributed by atoms with Crippen molar-refractivity contribution >= 4 is 29.4 Å². The van der Waals surface area contributed by atoms with Crippen LogP contribution in [0, 0.1) is 0 Å². The second kappa shape index (κ2) is 7.32. The van der Waals surface area contributed by atoms with Gasteiger partial charge in [0.25, 0.3) is 5.91 Å². The second-order valence-electron chi connectivity index (χ2n) is 6.25. The van der Waals surface area contributed by atoms with Gasteiger partial charge in [-0.1, -0.05) is 60.7 Å². The van der Waals surface area contributed by atoms with Crippen LogP contribution in [0.4, 0.5) is 5.69 Å². The molecule has 1 amide bonds. The Morgan fingerprint density at radius 2 is 1.46 bits per heavy atom. The summed E-state index contributed by atoms with van der Waals surface area (Å²) < 4.78 is 0. The van der Waals surface area contributed by atoms with Crippen LogP contribution in [0.1, 0.15) is 21.5 Å². The van der Waals surface area contributed by atoms with Gasteiger partial charge in [0, 0.05) is 5.56 Å². The number of carbonyl (C=O) groups is 2. The minimum Gasteiger partial charge on any atom is -0.478 e. The Labute approximate surface area is 161 Å². The van der Waals surface area contributed by atoms with E-state index < -0.39 is 5.97 Å². The Balaban J connectivity index is 1.79. The molecule has 5 nitrogen and oxygen atoms in total. The van der Waals surface area contributed by atoms with Crippen molar-refractivity contribution in [1.82, 2.24) is 0 Å². The second-order valence-corrected chi connectivity index (χ2v) is 6.25. The van der Waals surface area contributed by atoms with Gasteiger partial charge in [-0.2, -0.15) is 10.1 Å². The predicted octanol–water partition coefficient (Wildman–Crippen LogP) is 4.22. The summed E-state index contributed by atoms with van der Waals surface area (Å²) in [6.07, 6.45) is 1.82. The molecule has 0 fully saturated rings. The number of carboxylic acid groups (broad SMARTS) is 1. The first-order chi connectivity index (χ1) is 13.6. The van der Waals surface area contributed by atoms with E-state index in [0.29, 0.717) is 17.0 Å². The minimum absolute atomic E-state index is 0.155. The maximum atomic E-state index is 13.1. The summed E-state index contributed by atoms with van der Waals surface area (Å²) in [4.78, 5) is 24.2. The zero-order valence-electron chi connectivity index (χ0n) is 14.8. The summed E-state index contributed by atoms with van der Waals surface area (Å²) in [5, 5.41) is 14.9. The lowest BCUT2D eigenvalue weighted by Gasteiger charge is -2.11. The first-order valence-corrected chi connectivity index (χ1v) is 8.72. The van der Waals surface area contributed by atoms with Crippen LogP contribution in [0.3, 0.4) is 0 Å². The molecule has 0 aliphatic carbocycles. The highest BCUT2D eigenvalue weighted by molar-refractivity contribution is 6.37. The molecule has 0 unspecified atom stereocenters. The predicted molar refractivity (Wildman–Crippen MR) is 108 cm³/mol. The van der Waals surface area contributed by atoms with Gasteiger partial charge in [0.05, 0.1) is 16.8 Å². The lowest BCUT2D eigenvalue weighted by molar-refractivity contribution is -0.114. The van der Waals surface area contributed by atoms with E-state index in [1.165, 1.54) is 17.1 Å². The van der Waals surface area contributed by atoms with Crippen LogP contribution < -0.4 is 5.01 Å². The summed E-state index contributed by atoms with van der Waals surface area (Å²) in [5.41, 5.74) is 3.47. The van der Waals surface area contributed by atoms with Gasteiger partial charge in [-0.05, 0) is 35.9 Å². The number of hydrogen-bond acceptors (Lipinski definition) is 3. The molecule has 0 atom stereocenters. The molecule has 28 heavy (non-hydrogen) atoms. The first kappa shape index (κ1) is 17.4. The maximum absolute atomic E-state index is 13.1. The minimum atomic E-state index is -1.02. The van der Waals surface area contributed by atoms with Gasteiger partial charge in [0.15, 0.2) is 0 Å². The molecule has 1 aliphatic heterocycles. The molecular formula is C23H16N2O3. The smallest absolute Gasteiger partial charge is 0.335 e. The molecule has 0 radical (unpaired) electrons. The number of hydrazone groups is 1. The molecule has 0 bridgehead atoms. The fraction of sp³-hybridized carbons (Fsp3) is 0. The van der Waals surface area contributed by atoms with Crippen molar-refractivity contribution in [3.05, 3.63) is 107 Å². The molecule has 1 aliphatic rings. The largest absolute Gasteiger partial charge is 0.478 e. The Bertz CT molecular complexity index is 1090. The Hall–Kier alpha value is -3.99. The lowest BCUT2D eigenvalue weighted by Crippen LogP contribution is -2.21. The topological polar surface area (TPSA) is 70.0 Å². The zero-order valence-corrected chi connectivity index (χ0v) is 14.8. The Morgan fingerprint density at radius 3 is 2.07 bits per heavy atom.